The van der Waals surface area contributed by atoms with E-state index in [0.29, 0.717) is 35.0 Å². The second-order valence-corrected chi connectivity index (χ2v) is 5.83. The van der Waals surface area contributed by atoms with Gasteiger partial charge in [-0.3, -0.25) is 9.59 Å². The molecule has 1 aliphatic rings. The first kappa shape index (κ1) is 18.6. The second-order valence-electron chi connectivity index (χ2n) is 5.83. The fourth-order valence-corrected chi connectivity index (χ4v) is 2.69. The fraction of sp³-hybridized carbons (Fsp3) is 0.300. The maximum atomic E-state index is 12.2. The Labute approximate surface area is 156 Å². The van der Waals surface area contributed by atoms with Crippen molar-refractivity contribution in [1.82, 2.24) is 0 Å². The molecule has 2 aromatic carbocycles. The highest BCUT2D eigenvalue weighted by molar-refractivity contribution is 5.98. The van der Waals surface area contributed by atoms with E-state index in [1.165, 1.54) is 0 Å². The number of ether oxygens (including phenoxy) is 5. The van der Waals surface area contributed by atoms with Crippen LogP contribution in [0.3, 0.4) is 0 Å². The van der Waals surface area contributed by atoms with Crippen LogP contribution in [-0.2, 0) is 16.0 Å². The summed E-state index contributed by atoms with van der Waals surface area (Å²) >= 11 is 0. The molecular formula is C20H20O7. The van der Waals surface area contributed by atoms with Crippen LogP contribution < -0.4 is 18.9 Å². The van der Waals surface area contributed by atoms with Gasteiger partial charge in [0.25, 0.3) is 0 Å². The van der Waals surface area contributed by atoms with Gasteiger partial charge in [0.15, 0.2) is 23.9 Å². The number of carbonyl (C=O) groups is 2. The molecule has 0 amide bonds. The summed E-state index contributed by atoms with van der Waals surface area (Å²) in [5.41, 5.74) is 1.23. The van der Waals surface area contributed by atoms with Crippen LogP contribution in [0.15, 0.2) is 36.4 Å². The molecule has 2 aromatic rings. The summed E-state index contributed by atoms with van der Waals surface area (Å²) in [6, 6.07) is 10.2. The number of aryl methyl sites for hydroxylation is 1. The van der Waals surface area contributed by atoms with Crippen molar-refractivity contribution in [3.05, 3.63) is 47.5 Å². The van der Waals surface area contributed by atoms with E-state index in [0.717, 1.165) is 5.56 Å². The van der Waals surface area contributed by atoms with Gasteiger partial charge in [0.2, 0.25) is 6.79 Å². The number of hydrogen-bond acceptors (Lipinski definition) is 7. The van der Waals surface area contributed by atoms with Crippen molar-refractivity contribution in [3.63, 3.8) is 0 Å². The molecule has 0 bridgehead atoms. The molecule has 0 spiro atoms. The Morgan fingerprint density at radius 3 is 2.59 bits per heavy atom. The predicted molar refractivity (Wildman–Crippen MR) is 95.7 cm³/mol. The van der Waals surface area contributed by atoms with Crippen molar-refractivity contribution in [3.8, 4) is 23.0 Å². The van der Waals surface area contributed by atoms with Gasteiger partial charge in [-0.25, -0.2) is 0 Å². The standard InChI is InChI=1S/C20H20O7/c1-23-15-5-7-17(24-2)14(9-15)4-8-20(22)25-11-16(21)13-3-6-18-19(10-13)27-12-26-18/h3,5-7,9-10H,4,8,11-12H2,1-2H3. The molecule has 0 aliphatic carbocycles. The van der Waals surface area contributed by atoms with Crippen molar-refractivity contribution in [2.24, 2.45) is 0 Å². The zero-order chi connectivity index (χ0) is 19.2. The van der Waals surface area contributed by atoms with Crippen molar-refractivity contribution in [1.29, 1.82) is 0 Å². The smallest absolute Gasteiger partial charge is 0.306 e. The minimum atomic E-state index is -0.464. The number of carbonyl (C=O) groups excluding carboxylic acids is 2. The van der Waals surface area contributed by atoms with Gasteiger partial charge in [0, 0.05) is 12.0 Å². The number of rotatable bonds is 8. The van der Waals surface area contributed by atoms with Crippen LogP contribution in [0.4, 0.5) is 0 Å². The van der Waals surface area contributed by atoms with Gasteiger partial charge in [-0.1, -0.05) is 0 Å². The molecule has 142 valence electrons. The fourth-order valence-electron chi connectivity index (χ4n) is 2.69. The molecule has 0 unspecified atom stereocenters. The summed E-state index contributed by atoms with van der Waals surface area (Å²) < 4.78 is 26.0. The number of ketones is 1. The Kier molecular flexibility index (Phi) is 5.80. The first-order valence-corrected chi connectivity index (χ1v) is 8.40. The highest BCUT2D eigenvalue weighted by Crippen LogP contribution is 2.32. The maximum absolute atomic E-state index is 12.2. The molecule has 7 heteroatoms. The summed E-state index contributed by atoms with van der Waals surface area (Å²) in [5.74, 6) is 1.68. The number of hydrogen-bond donors (Lipinski definition) is 0. The third-order valence-electron chi connectivity index (χ3n) is 4.14. The Balaban J connectivity index is 1.52. The van der Waals surface area contributed by atoms with E-state index in [2.05, 4.69) is 0 Å². The Morgan fingerprint density at radius 2 is 1.81 bits per heavy atom. The minimum Gasteiger partial charge on any atom is -0.497 e. The summed E-state index contributed by atoms with van der Waals surface area (Å²) in [6.45, 7) is -0.191. The van der Waals surface area contributed by atoms with E-state index in [4.69, 9.17) is 23.7 Å². The molecule has 7 nitrogen and oxygen atoms in total. The number of esters is 1. The lowest BCUT2D eigenvalue weighted by molar-refractivity contribution is -0.142. The van der Waals surface area contributed by atoms with E-state index in [9.17, 15) is 9.59 Å². The van der Waals surface area contributed by atoms with Crippen LogP contribution in [0.25, 0.3) is 0 Å². The minimum absolute atomic E-state index is 0.123. The van der Waals surface area contributed by atoms with Crippen LogP contribution in [0.5, 0.6) is 23.0 Å². The van der Waals surface area contributed by atoms with Gasteiger partial charge in [0.05, 0.1) is 14.2 Å². The van der Waals surface area contributed by atoms with Gasteiger partial charge in [-0.15, -0.1) is 0 Å². The van der Waals surface area contributed by atoms with Crippen LogP contribution in [-0.4, -0.2) is 39.4 Å². The molecule has 0 radical (unpaired) electrons. The largest absolute Gasteiger partial charge is 0.497 e. The SMILES string of the molecule is COc1ccc(OC)c(CCC(=O)OCC(=O)c2ccc3c(c2)OCO3)c1. The Hall–Kier alpha value is -3.22. The molecule has 1 aliphatic heterocycles. The predicted octanol–water partition coefficient (Wildman–Crippen LogP) is 2.79. The summed E-state index contributed by atoms with van der Waals surface area (Å²) in [7, 11) is 3.13. The third-order valence-corrected chi connectivity index (χ3v) is 4.14. The monoisotopic (exact) mass is 372 g/mol. The Bertz CT molecular complexity index is 844. The Morgan fingerprint density at radius 1 is 1.00 bits per heavy atom. The van der Waals surface area contributed by atoms with Gasteiger partial charge < -0.3 is 23.7 Å². The summed E-state index contributed by atoms with van der Waals surface area (Å²) in [6.07, 6.45) is 0.537. The normalized spacial score (nSPS) is 11.8. The molecule has 0 saturated carbocycles. The van der Waals surface area contributed by atoms with Gasteiger partial charge in [0.1, 0.15) is 11.5 Å². The highest BCUT2D eigenvalue weighted by atomic mass is 16.7. The first-order chi connectivity index (χ1) is 13.1. The lowest BCUT2D eigenvalue weighted by Gasteiger charge is -2.10. The van der Waals surface area contributed by atoms with E-state index >= 15 is 0 Å². The van der Waals surface area contributed by atoms with Gasteiger partial charge in [-0.05, 0) is 48.4 Å². The molecule has 0 aromatic heterocycles. The van der Waals surface area contributed by atoms with E-state index < -0.39 is 5.97 Å². The third kappa shape index (κ3) is 4.49. The van der Waals surface area contributed by atoms with Crippen LogP contribution in [0.1, 0.15) is 22.3 Å². The van der Waals surface area contributed by atoms with Gasteiger partial charge in [-0.2, -0.15) is 0 Å². The summed E-state index contributed by atoms with van der Waals surface area (Å²) in [4.78, 5) is 24.2. The lowest BCUT2D eigenvalue weighted by atomic mass is 10.1. The highest BCUT2D eigenvalue weighted by Gasteiger charge is 2.17. The number of fused-ring (bicyclic) bond motifs is 1. The van der Waals surface area contributed by atoms with Crippen LogP contribution in [0.2, 0.25) is 0 Å². The number of methoxy groups -OCH3 is 2. The first-order valence-electron chi connectivity index (χ1n) is 8.40. The van der Waals surface area contributed by atoms with Crippen molar-refractivity contribution >= 4 is 11.8 Å². The van der Waals surface area contributed by atoms with E-state index in [1.54, 1.807) is 44.6 Å². The molecule has 0 fully saturated rings. The molecule has 3 rings (SSSR count). The molecule has 1 heterocycles. The quantitative estimate of drug-likeness (QED) is 0.521. The zero-order valence-electron chi connectivity index (χ0n) is 15.2. The number of Topliss-reactive ketones (excluding diaryl/α,β-unsaturated/α-hetero) is 1. The molecule has 0 N–H and O–H groups in total. The van der Waals surface area contributed by atoms with Crippen molar-refractivity contribution < 1.29 is 33.3 Å². The average molecular weight is 372 g/mol. The van der Waals surface area contributed by atoms with E-state index in [1.807, 2.05) is 6.07 Å². The maximum Gasteiger partial charge on any atom is 0.306 e. The van der Waals surface area contributed by atoms with Gasteiger partial charge >= 0.3 is 5.97 Å². The lowest BCUT2D eigenvalue weighted by Crippen LogP contribution is -2.14. The molecule has 27 heavy (non-hydrogen) atoms. The number of benzene rings is 2. The molecule has 0 atom stereocenters. The van der Waals surface area contributed by atoms with Crippen LogP contribution in [0, 0.1) is 0 Å². The van der Waals surface area contributed by atoms with E-state index in [-0.39, 0.29) is 25.6 Å². The topological polar surface area (TPSA) is 80.3 Å². The second kappa shape index (κ2) is 8.44. The molecule has 0 saturated heterocycles. The average Bonchev–Trinajstić information content (AvgIpc) is 3.17. The molecular weight excluding hydrogens is 352 g/mol. The van der Waals surface area contributed by atoms with Crippen molar-refractivity contribution in [2.75, 3.05) is 27.6 Å². The van der Waals surface area contributed by atoms with Crippen molar-refractivity contribution in [2.45, 2.75) is 12.8 Å². The summed E-state index contributed by atoms with van der Waals surface area (Å²) in [5, 5.41) is 0. The zero-order valence-corrected chi connectivity index (χ0v) is 15.2. The van der Waals surface area contributed by atoms with Crippen LogP contribution >= 0.6 is 0 Å².